The van der Waals surface area contributed by atoms with Crippen molar-refractivity contribution in [1.29, 1.82) is 0 Å². The van der Waals surface area contributed by atoms with Crippen LogP contribution < -0.4 is 4.90 Å². The molecule has 3 heterocycles. The molecule has 5 rings (SSSR count). The molecule has 192 valence electrons. The van der Waals surface area contributed by atoms with Crippen molar-refractivity contribution in [2.45, 2.75) is 49.1 Å². The number of imidazole rings is 1. The van der Waals surface area contributed by atoms with E-state index in [1.54, 1.807) is 27.7 Å². The summed E-state index contributed by atoms with van der Waals surface area (Å²) in [5.74, 6) is 0.274. The highest BCUT2D eigenvalue weighted by molar-refractivity contribution is 9.10. The molecule has 1 saturated heterocycles. The van der Waals surface area contributed by atoms with Gasteiger partial charge in [-0.2, -0.15) is 4.31 Å². The van der Waals surface area contributed by atoms with E-state index in [1.807, 2.05) is 31.2 Å². The predicted molar refractivity (Wildman–Crippen MR) is 142 cm³/mol. The van der Waals surface area contributed by atoms with Crippen LogP contribution in [0.2, 0.25) is 10.0 Å². The quantitative estimate of drug-likeness (QED) is 0.438. The Morgan fingerprint density at radius 1 is 1.08 bits per heavy atom. The first-order valence-corrected chi connectivity index (χ1v) is 14.4. The van der Waals surface area contributed by atoms with Gasteiger partial charge in [0, 0.05) is 39.7 Å². The highest BCUT2D eigenvalue weighted by atomic mass is 79.9. The molecular formula is C24H25BrCl2N4O4S. The van der Waals surface area contributed by atoms with Gasteiger partial charge in [-0.05, 0) is 55.7 Å². The number of anilines is 2. The molecule has 12 heteroatoms. The maximum atomic E-state index is 13.8. The van der Waals surface area contributed by atoms with E-state index in [9.17, 15) is 18.6 Å². The van der Waals surface area contributed by atoms with Crippen LogP contribution in [0.3, 0.4) is 0 Å². The van der Waals surface area contributed by atoms with Gasteiger partial charge >= 0.3 is 0 Å². The molecule has 1 aromatic heterocycles. The number of hydrogen-bond donors (Lipinski definition) is 2. The molecule has 2 atom stereocenters. The lowest BCUT2D eigenvalue weighted by Crippen LogP contribution is -2.47. The van der Waals surface area contributed by atoms with E-state index in [2.05, 4.69) is 20.9 Å². The van der Waals surface area contributed by atoms with Gasteiger partial charge in [-0.25, -0.2) is 13.4 Å². The average Bonchev–Trinajstić information content (AvgIpc) is 3.34. The number of aromatic nitrogens is 2. The van der Waals surface area contributed by atoms with Crippen molar-refractivity contribution >= 4 is 60.8 Å². The SMILES string of the molecule is CC1(Cc2ccc(Br)cc2)C(O)N(c2cc(Cl)cc(Cl)c2)c2ncc(S(=O)(=O)N3CCC(O)CC3)n21. The van der Waals surface area contributed by atoms with Crippen LogP contribution in [0, 0.1) is 0 Å². The largest absolute Gasteiger partial charge is 0.393 e. The zero-order valence-corrected chi connectivity index (χ0v) is 23.3. The van der Waals surface area contributed by atoms with Crippen molar-refractivity contribution in [2.24, 2.45) is 0 Å². The molecule has 0 amide bonds. The molecule has 36 heavy (non-hydrogen) atoms. The van der Waals surface area contributed by atoms with Crippen LogP contribution in [0.1, 0.15) is 25.3 Å². The number of rotatable bonds is 5. The van der Waals surface area contributed by atoms with Gasteiger partial charge in [-0.1, -0.05) is 51.3 Å². The maximum absolute atomic E-state index is 13.8. The second-order valence-electron chi connectivity index (χ2n) is 9.40. The minimum Gasteiger partial charge on any atom is -0.393 e. The van der Waals surface area contributed by atoms with E-state index in [1.165, 1.54) is 10.5 Å². The molecule has 8 nitrogen and oxygen atoms in total. The summed E-state index contributed by atoms with van der Waals surface area (Å²) in [5.41, 5.74) is 0.304. The summed E-state index contributed by atoms with van der Waals surface area (Å²) in [4.78, 5) is 6.04. The number of halogens is 3. The number of fused-ring (bicyclic) bond motifs is 1. The number of sulfonamides is 1. The third-order valence-corrected chi connectivity index (χ3v) is 9.69. The molecule has 0 bridgehead atoms. The third-order valence-electron chi connectivity index (χ3n) is 6.87. The maximum Gasteiger partial charge on any atom is 0.260 e. The molecule has 2 aliphatic heterocycles. The van der Waals surface area contributed by atoms with Gasteiger partial charge in [-0.3, -0.25) is 9.47 Å². The van der Waals surface area contributed by atoms with Crippen molar-refractivity contribution in [3.63, 3.8) is 0 Å². The van der Waals surface area contributed by atoms with Crippen molar-refractivity contribution in [1.82, 2.24) is 13.9 Å². The second-order valence-corrected chi connectivity index (χ2v) is 13.1. The normalized spacial score (nSPS) is 23.3. The van der Waals surface area contributed by atoms with Gasteiger partial charge in [0.25, 0.3) is 10.0 Å². The van der Waals surface area contributed by atoms with E-state index in [-0.39, 0.29) is 24.1 Å². The Hall–Kier alpha value is -1.66. The molecule has 0 aliphatic carbocycles. The number of benzene rings is 2. The topological polar surface area (TPSA) is 98.9 Å². The lowest BCUT2D eigenvalue weighted by Gasteiger charge is -2.34. The molecule has 0 spiro atoms. The standard InChI is InChI=1S/C24H25BrCl2N4O4S/c1-24(13-15-2-4-16(25)5-3-15)22(33)30(19-11-17(26)10-18(27)12-19)23-28-14-21(31(23)24)36(34,35)29-8-6-20(32)7-9-29/h2-5,10-12,14,20,22,32-33H,6-9,13H2,1H3. The monoisotopic (exact) mass is 614 g/mol. The smallest absolute Gasteiger partial charge is 0.260 e. The lowest BCUT2D eigenvalue weighted by molar-refractivity contribution is 0.0689. The summed E-state index contributed by atoms with van der Waals surface area (Å²) in [5, 5.41) is 22.4. The van der Waals surface area contributed by atoms with Gasteiger partial charge in [0.05, 0.1) is 17.8 Å². The molecule has 2 aromatic carbocycles. The molecule has 2 unspecified atom stereocenters. The minimum absolute atomic E-state index is 0.0109. The minimum atomic E-state index is -3.96. The van der Waals surface area contributed by atoms with Gasteiger partial charge < -0.3 is 10.2 Å². The predicted octanol–water partition coefficient (Wildman–Crippen LogP) is 4.53. The van der Waals surface area contributed by atoms with Crippen LogP contribution >= 0.6 is 39.1 Å². The Kier molecular flexibility index (Phi) is 6.91. The first-order valence-electron chi connectivity index (χ1n) is 11.4. The zero-order chi connectivity index (χ0) is 25.8. The summed E-state index contributed by atoms with van der Waals surface area (Å²) < 4.78 is 31.5. The van der Waals surface area contributed by atoms with Gasteiger partial charge in [0.1, 0.15) is 0 Å². The van der Waals surface area contributed by atoms with Crippen LogP contribution in [0.5, 0.6) is 0 Å². The fourth-order valence-electron chi connectivity index (χ4n) is 5.00. The fraction of sp³-hybridized carbons (Fsp3) is 0.375. The second kappa shape index (κ2) is 9.58. The Morgan fingerprint density at radius 2 is 1.69 bits per heavy atom. The molecule has 0 radical (unpaired) electrons. The summed E-state index contributed by atoms with van der Waals surface area (Å²) in [6.07, 6.45) is 0.715. The lowest BCUT2D eigenvalue weighted by atomic mass is 9.91. The number of nitrogens with zero attached hydrogens (tertiary/aromatic N) is 4. The molecule has 2 aliphatic rings. The van der Waals surface area contributed by atoms with E-state index >= 15 is 0 Å². The summed E-state index contributed by atoms with van der Waals surface area (Å²) >= 11 is 16.0. The van der Waals surface area contributed by atoms with Crippen LogP contribution in [0.15, 0.2) is 58.2 Å². The van der Waals surface area contributed by atoms with Crippen molar-refractivity contribution in [3.05, 3.63) is 68.7 Å². The molecule has 3 aromatic rings. The number of piperidine rings is 1. The summed E-state index contributed by atoms with van der Waals surface area (Å²) in [6.45, 7) is 2.24. The van der Waals surface area contributed by atoms with Crippen molar-refractivity contribution in [2.75, 3.05) is 18.0 Å². The van der Waals surface area contributed by atoms with Gasteiger partial charge in [-0.15, -0.1) is 0 Å². The molecular weight excluding hydrogens is 591 g/mol. The van der Waals surface area contributed by atoms with E-state index in [0.717, 1.165) is 10.0 Å². The highest BCUT2D eigenvalue weighted by Gasteiger charge is 2.52. The first kappa shape index (κ1) is 26.0. The Balaban J connectivity index is 1.66. The molecule has 2 N–H and O–H groups in total. The van der Waals surface area contributed by atoms with Crippen LogP contribution in [0.4, 0.5) is 11.6 Å². The van der Waals surface area contributed by atoms with E-state index < -0.39 is 27.9 Å². The molecule has 0 saturated carbocycles. The van der Waals surface area contributed by atoms with Gasteiger partial charge in [0.2, 0.25) is 5.95 Å². The van der Waals surface area contributed by atoms with Crippen molar-refractivity contribution in [3.8, 4) is 0 Å². The molecule has 1 fully saturated rings. The van der Waals surface area contributed by atoms with Crippen LogP contribution in [0.25, 0.3) is 0 Å². The average molecular weight is 616 g/mol. The number of aliphatic hydroxyl groups excluding tert-OH is 2. The number of aliphatic hydroxyl groups is 2. The third kappa shape index (κ3) is 4.47. The zero-order valence-electron chi connectivity index (χ0n) is 19.4. The van der Waals surface area contributed by atoms with Crippen molar-refractivity contribution < 1.29 is 18.6 Å². The van der Waals surface area contributed by atoms with E-state index in [0.29, 0.717) is 35.0 Å². The van der Waals surface area contributed by atoms with Crippen LogP contribution in [-0.2, 0) is 22.0 Å². The highest BCUT2D eigenvalue weighted by Crippen LogP contribution is 2.47. The first-order chi connectivity index (χ1) is 17.0. The van der Waals surface area contributed by atoms with E-state index in [4.69, 9.17) is 23.2 Å². The summed E-state index contributed by atoms with van der Waals surface area (Å²) in [6, 6.07) is 12.6. The number of hydrogen-bond acceptors (Lipinski definition) is 6. The van der Waals surface area contributed by atoms with Gasteiger partial charge in [0.15, 0.2) is 11.3 Å². The Morgan fingerprint density at radius 3 is 2.31 bits per heavy atom. The Labute approximate surface area is 228 Å². The fourth-order valence-corrected chi connectivity index (χ4v) is 7.44. The summed E-state index contributed by atoms with van der Waals surface area (Å²) in [7, 11) is -3.96. The van der Waals surface area contributed by atoms with Crippen LogP contribution in [-0.4, -0.2) is 57.9 Å². The Bertz CT molecular complexity index is 1370.